The van der Waals surface area contributed by atoms with E-state index in [2.05, 4.69) is 62.3 Å². The summed E-state index contributed by atoms with van der Waals surface area (Å²) in [6.07, 6.45) is 13.0. The van der Waals surface area contributed by atoms with Crippen LogP contribution in [0.15, 0.2) is 0 Å². The molecule has 1 saturated carbocycles. The minimum Gasteiger partial charge on any atom is -0.0651 e. The molecule has 25 heavy (non-hydrogen) atoms. The zero-order chi connectivity index (χ0) is 19.4. The van der Waals surface area contributed by atoms with Crippen LogP contribution in [0.25, 0.3) is 0 Å². The van der Waals surface area contributed by atoms with Crippen molar-refractivity contribution in [2.75, 3.05) is 0 Å². The van der Waals surface area contributed by atoms with Gasteiger partial charge >= 0.3 is 0 Å². The minimum atomic E-state index is 0.852. The molecule has 0 heterocycles. The van der Waals surface area contributed by atoms with Gasteiger partial charge in [-0.1, -0.05) is 107 Å². The Balaban J connectivity index is 0.000000535. The third-order valence-corrected chi connectivity index (χ3v) is 6.92. The van der Waals surface area contributed by atoms with E-state index in [1.54, 1.807) is 0 Å². The second-order valence-electron chi connectivity index (χ2n) is 10.3. The SMILES string of the molecule is CC1CCC(C)C(C)C1.CCC(CCCCC(C)C)CC(C)C(C)C. The first-order valence-electron chi connectivity index (χ1n) is 11.7. The lowest BCUT2D eigenvalue weighted by Gasteiger charge is -2.29. The van der Waals surface area contributed by atoms with E-state index in [1.165, 1.54) is 57.8 Å². The summed E-state index contributed by atoms with van der Waals surface area (Å²) >= 11 is 0. The maximum Gasteiger partial charge on any atom is -0.0414 e. The third kappa shape index (κ3) is 12.9. The van der Waals surface area contributed by atoms with Crippen LogP contribution in [-0.2, 0) is 0 Å². The van der Waals surface area contributed by atoms with E-state index in [0.29, 0.717) is 0 Å². The van der Waals surface area contributed by atoms with Gasteiger partial charge in [0.05, 0.1) is 0 Å². The first-order chi connectivity index (χ1) is 11.7. The molecule has 5 atom stereocenters. The van der Waals surface area contributed by atoms with Crippen molar-refractivity contribution in [3.05, 3.63) is 0 Å². The van der Waals surface area contributed by atoms with Crippen LogP contribution in [-0.4, -0.2) is 0 Å². The quantitative estimate of drug-likeness (QED) is 0.363. The second kappa shape index (κ2) is 14.1. The largest absolute Gasteiger partial charge is 0.0651 e. The van der Waals surface area contributed by atoms with Crippen molar-refractivity contribution >= 4 is 0 Å². The van der Waals surface area contributed by atoms with Crippen molar-refractivity contribution in [2.45, 2.75) is 120 Å². The van der Waals surface area contributed by atoms with Crippen LogP contribution < -0.4 is 0 Å². The predicted octanol–water partition coefficient (Wildman–Crippen LogP) is 8.99. The minimum absolute atomic E-state index is 0.852. The van der Waals surface area contributed by atoms with Crippen molar-refractivity contribution in [1.82, 2.24) is 0 Å². The lowest BCUT2D eigenvalue weighted by molar-refractivity contribution is 0.220. The van der Waals surface area contributed by atoms with Gasteiger partial charge in [-0.2, -0.15) is 0 Å². The van der Waals surface area contributed by atoms with E-state index in [1.807, 2.05) is 0 Å². The molecule has 0 radical (unpaired) electrons. The van der Waals surface area contributed by atoms with Gasteiger partial charge in [0, 0.05) is 0 Å². The molecule has 0 aliphatic heterocycles. The summed E-state index contributed by atoms with van der Waals surface area (Å²) in [5.41, 5.74) is 0. The Labute approximate surface area is 161 Å². The molecule has 0 N–H and O–H groups in total. The molecule has 0 aromatic carbocycles. The second-order valence-corrected chi connectivity index (χ2v) is 10.3. The molecule has 0 bridgehead atoms. The van der Waals surface area contributed by atoms with Crippen LogP contribution >= 0.6 is 0 Å². The molecule has 0 amide bonds. The van der Waals surface area contributed by atoms with Crippen LogP contribution in [0.5, 0.6) is 0 Å². The van der Waals surface area contributed by atoms with Crippen LogP contribution in [0.1, 0.15) is 120 Å². The lowest BCUT2D eigenvalue weighted by Crippen LogP contribution is -2.18. The molecule has 1 aliphatic carbocycles. The molecule has 0 aromatic heterocycles. The van der Waals surface area contributed by atoms with Crippen molar-refractivity contribution in [3.8, 4) is 0 Å². The Morgan fingerprint density at radius 3 is 1.84 bits per heavy atom. The zero-order valence-electron chi connectivity index (χ0n) is 19.4. The molecule has 1 aliphatic rings. The van der Waals surface area contributed by atoms with Crippen LogP contribution in [0, 0.1) is 41.4 Å². The topological polar surface area (TPSA) is 0 Å². The lowest BCUT2D eigenvalue weighted by atomic mass is 9.77. The van der Waals surface area contributed by atoms with Gasteiger partial charge in [-0.3, -0.25) is 0 Å². The molecule has 1 rings (SSSR count). The molecular weight excluding hydrogens is 300 g/mol. The van der Waals surface area contributed by atoms with Crippen molar-refractivity contribution < 1.29 is 0 Å². The first-order valence-corrected chi connectivity index (χ1v) is 11.7. The fourth-order valence-electron chi connectivity index (χ4n) is 4.09. The Bertz CT molecular complexity index is 290. The van der Waals surface area contributed by atoms with E-state index >= 15 is 0 Å². The number of unbranched alkanes of at least 4 members (excludes halogenated alkanes) is 1. The molecule has 1 fully saturated rings. The highest BCUT2D eigenvalue weighted by Gasteiger charge is 2.21. The molecule has 5 unspecified atom stereocenters. The highest BCUT2D eigenvalue weighted by atomic mass is 14.3. The summed E-state index contributed by atoms with van der Waals surface area (Å²) in [7, 11) is 0. The summed E-state index contributed by atoms with van der Waals surface area (Å²) in [6, 6.07) is 0. The highest BCUT2D eigenvalue weighted by molar-refractivity contribution is 4.72. The monoisotopic (exact) mass is 352 g/mol. The van der Waals surface area contributed by atoms with E-state index < -0.39 is 0 Å². The third-order valence-electron chi connectivity index (χ3n) is 6.92. The summed E-state index contributed by atoms with van der Waals surface area (Å²) < 4.78 is 0. The molecule has 0 nitrogen and oxygen atoms in total. The van der Waals surface area contributed by atoms with Gasteiger partial charge in [0.25, 0.3) is 0 Å². The molecule has 152 valence electrons. The smallest absolute Gasteiger partial charge is 0.0414 e. The predicted molar refractivity (Wildman–Crippen MR) is 117 cm³/mol. The Hall–Kier alpha value is 0. The summed E-state index contributed by atoms with van der Waals surface area (Å²) in [6.45, 7) is 21.3. The maximum atomic E-state index is 2.42. The van der Waals surface area contributed by atoms with E-state index in [4.69, 9.17) is 0 Å². The van der Waals surface area contributed by atoms with Crippen LogP contribution in [0.4, 0.5) is 0 Å². The summed E-state index contributed by atoms with van der Waals surface area (Å²) in [5.74, 6) is 6.57. The van der Waals surface area contributed by atoms with Crippen molar-refractivity contribution in [3.63, 3.8) is 0 Å². The van der Waals surface area contributed by atoms with Crippen molar-refractivity contribution in [1.29, 1.82) is 0 Å². The molecular formula is C25H52. The molecule has 0 saturated heterocycles. The first kappa shape index (κ1) is 25.0. The van der Waals surface area contributed by atoms with Gasteiger partial charge in [0.15, 0.2) is 0 Å². The van der Waals surface area contributed by atoms with Crippen LogP contribution in [0.3, 0.4) is 0 Å². The van der Waals surface area contributed by atoms with Gasteiger partial charge in [-0.25, -0.2) is 0 Å². The Kier molecular flexibility index (Phi) is 14.1. The fourth-order valence-corrected chi connectivity index (χ4v) is 4.09. The summed E-state index contributed by atoms with van der Waals surface area (Å²) in [5, 5.41) is 0. The van der Waals surface area contributed by atoms with E-state index in [-0.39, 0.29) is 0 Å². The zero-order valence-corrected chi connectivity index (χ0v) is 19.4. The van der Waals surface area contributed by atoms with E-state index in [9.17, 15) is 0 Å². The van der Waals surface area contributed by atoms with Gasteiger partial charge < -0.3 is 0 Å². The molecule has 0 heteroatoms. The molecule has 0 spiro atoms. The average Bonchev–Trinajstić information content (AvgIpc) is 2.54. The van der Waals surface area contributed by atoms with Gasteiger partial charge in [0.2, 0.25) is 0 Å². The van der Waals surface area contributed by atoms with Crippen LogP contribution in [0.2, 0.25) is 0 Å². The standard InChI is InChI=1S/C16H34.C9H18/c1-7-16(12-15(6)14(4)5)11-9-8-10-13(2)3;1-7-4-5-8(2)9(3)6-7/h13-16H,7-12H2,1-6H3;7-9H,4-6H2,1-3H3. The Morgan fingerprint density at radius 1 is 0.800 bits per heavy atom. The fraction of sp³-hybridized carbons (Fsp3) is 1.00. The summed E-state index contributed by atoms with van der Waals surface area (Å²) in [4.78, 5) is 0. The highest BCUT2D eigenvalue weighted by Crippen LogP contribution is 2.32. The van der Waals surface area contributed by atoms with Crippen molar-refractivity contribution in [2.24, 2.45) is 41.4 Å². The normalized spacial score (nSPS) is 26.3. The number of hydrogen-bond acceptors (Lipinski definition) is 0. The van der Waals surface area contributed by atoms with E-state index in [0.717, 1.165) is 41.4 Å². The van der Waals surface area contributed by atoms with Gasteiger partial charge in [-0.15, -0.1) is 0 Å². The average molecular weight is 353 g/mol. The number of rotatable bonds is 9. The number of hydrogen-bond donors (Lipinski definition) is 0. The molecule has 0 aromatic rings. The van der Waals surface area contributed by atoms with Gasteiger partial charge in [-0.05, 0) is 54.3 Å². The maximum absolute atomic E-state index is 2.42. The van der Waals surface area contributed by atoms with Gasteiger partial charge in [0.1, 0.15) is 0 Å². The Morgan fingerprint density at radius 2 is 1.40 bits per heavy atom.